The molecule has 90 valence electrons. The highest BCUT2D eigenvalue weighted by atomic mass is 16.5. The maximum atomic E-state index is 10.4. The third-order valence-electron chi connectivity index (χ3n) is 3.11. The summed E-state index contributed by atoms with van der Waals surface area (Å²) in [5, 5.41) is 10.4. The molecule has 0 amide bonds. The molecule has 2 heteroatoms. The molecule has 0 spiro atoms. The van der Waals surface area contributed by atoms with Crippen LogP contribution in [0, 0.1) is 6.92 Å². The summed E-state index contributed by atoms with van der Waals surface area (Å²) < 4.78 is 5.68. The first-order valence-corrected chi connectivity index (χ1v) is 5.92. The molecule has 0 aliphatic heterocycles. The molecule has 0 fully saturated rings. The Hall–Kier alpha value is -0.860. The highest BCUT2D eigenvalue weighted by Gasteiger charge is 2.32. The third kappa shape index (κ3) is 2.83. The number of aryl methyl sites for hydroxylation is 1. The molecule has 1 rings (SSSR count). The molecule has 1 aromatic rings. The SMILES string of the molecule is CCOC(C)(CC)C(O)c1cccc(C)c1. The van der Waals surface area contributed by atoms with Crippen molar-refractivity contribution in [1.29, 1.82) is 0 Å². The van der Waals surface area contributed by atoms with E-state index < -0.39 is 11.7 Å². The van der Waals surface area contributed by atoms with Crippen molar-refractivity contribution in [2.24, 2.45) is 0 Å². The van der Waals surface area contributed by atoms with Gasteiger partial charge in [0.25, 0.3) is 0 Å². The molecule has 0 aromatic heterocycles. The lowest BCUT2D eigenvalue weighted by molar-refractivity contribution is -0.113. The summed E-state index contributed by atoms with van der Waals surface area (Å²) >= 11 is 0. The highest BCUT2D eigenvalue weighted by Crippen LogP contribution is 2.32. The van der Waals surface area contributed by atoms with Crippen molar-refractivity contribution in [1.82, 2.24) is 0 Å². The number of ether oxygens (including phenoxy) is 1. The van der Waals surface area contributed by atoms with Crippen LogP contribution >= 0.6 is 0 Å². The molecule has 16 heavy (non-hydrogen) atoms. The Kier molecular flexibility index (Phi) is 4.51. The van der Waals surface area contributed by atoms with Crippen LogP contribution < -0.4 is 0 Å². The molecule has 0 saturated heterocycles. The van der Waals surface area contributed by atoms with Gasteiger partial charge in [-0.15, -0.1) is 0 Å². The van der Waals surface area contributed by atoms with Gasteiger partial charge in [-0.1, -0.05) is 36.8 Å². The van der Waals surface area contributed by atoms with Crippen LogP contribution in [-0.2, 0) is 4.74 Å². The van der Waals surface area contributed by atoms with Gasteiger partial charge in [-0.2, -0.15) is 0 Å². The number of hydrogen-bond donors (Lipinski definition) is 1. The first kappa shape index (κ1) is 13.2. The van der Waals surface area contributed by atoms with E-state index in [-0.39, 0.29) is 0 Å². The first-order chi connectivity index (χ1) is 7.53. The van der Waals surface area contributed by atoms with Gasteiger partial charge < -0.3 is 9.84 Å². The van der Waals surface area contributed by atoms with Crippen molar-refractivity contribution >= 4 is 0 Å². The average Bonchev–Trinajstić information content (AvgIpc) is 2.28. The van der Waals surface area contributed by atoms with Crippen LogP contribution in [0.2, 0.25) is 0 Å². The fourth-order valence-electron chi connectivity index (χ4n) is 1.90. The van der Waals surface area contributed by atoms with Crippen LogP contribution in [0.25, 0.3) is 0 Å². The molecule has 1 aromatic carbocycles. The zero-order chi connectivity index (χ0) is 12.2. The minimum Gasteiger partial charge on any atom is -0.385 e. The summed E-state index contributed by atoms with van der Waals surface area (Å²) in [6.07, 6.45) is 0.216. The Labute approximate surface area is 98.3 Å². The van der Waals surface area contributed by atoms with Gasteiger partial charge >= 0.3 is 0 Å². The first-order valence-electron chi connectivity index (χ1n) is 5.92. The number of aliphatic hydroxyl groups is 1. The lowest BCUT2D eigenvalue weighted by atomic mass is 9.89. The van der Waals surface area contributed by atoms with E-state index in [1.54, 1.807) is 0 Å². The van der Waals surface area contributed by atoms with E-state index in [4.69, 9.17) is 4.74 Å². The molecular formula is C14H22O2. The lowest BCUT2D eigenvalue weighted by Gasteiger charge is -2.33. The van der Waals surface area contributed by atoms with E-state index in [0.717, 1.165) is 17.5 Å². The molecule has 0 aliphatic carbocycles. The van der Waals surface area contributed by atoms with Gasteiger partial charge in [0.15, 0.2) is 0 Å². The monoisotopic (exact) mass is 222 g/mol. The molecule has 0 aliphatic rings. The van der Waals surface area contributed by atoms with Gasteiger partial charge in [0.05, 0.1) is 5.60 Å². The second-order valence-electron chi connectivity index (χ2n) is 4.42. The van der Waals surface area contributed by atoms with Crippen LogP contribution in [0.3, 0.4) is 0 Å². The standard InChI is InChI=1S/C14H22O2/c1-5-14(4,16-6-2)13(15)12-9-7-8-11(3)10-12/h7-10,13,15H,5-6H2,1-4H3. The Morgan fingerprint density at radius 3 is 2.56 bits per heavy atom. The lowest BCUT2D eigenvalue weighted by Crippen LogP contribution is -2.35. The van der Waals surface area contributed by atoms with Crippen molar-refractivity contribution in [2.75, 3.05) is 6.61 Å². The van der Waals surface area contributed by atoms with Crippen LogP contribution in [0.15, 0.2) is 24.3 Å². The third-order valence-corrected chi connectivity index (χ3v) is 3.11. The van der Waals surface area contributed by atoms with E-state index in [1.807, 2.05) is 52.0 Å². The summed E-state index contributed by atoms with van der Waals surface area (Å²) in [4.78, 5) is 0. The topological polar surface area (TPSA) is 29.5 Å². The smallest absolute Gasteiger partial charge is 0.108 e. The Morgan fingerprint density at radius 2 is 2.06 bits per heavy atom. The van der Waals surface area contributed by atoms with Crippen molar-refractivity contribution in [3.63, 3.8) is 0 Å². The van der Waals surface area contributed by atoms with Gasteiger partial charge in [0.1, 0.15) is 6.10 Å². The van der Waals surface area contributed by atoms with E-state index >= 15 is 0 Å². The van der Waals surface area contributed by atoms with E-state index in [9.17, 15) is 5.11 Å². The molecular weight excluding hydrogens is 200 g/mol. The van der Waals surface area contributed by atoms with Crippen molar-refractivity contribution < 1.29 is 9.84 Å². The van der Waals surface area contributed by atoms with E-state index in [2.05, 4.69) is 0 Å². The normalized spacial score (nSPS) is 16.8. The van der Waals surface area contributed by atoms with Crippen LogP contribution in [0.1, 0.15) is 44.4 Å². The van der Waals surface area contributed by atoms with Gasteiger partial charge in [-0.3, -0.25) is 0 Å². The highest BCUT2D eigenvalue weighted by molar-refractivity contribution is 5.25. The second kappa shape index (κ2) is 5.46. The number of rotatable bonds is 5. The zero-order valence-corrected chi connectivity index (χ0v) is 10.7. The largest absolute Gasteiger partial charge is 0.385 e. The van der Waals surface area contributed by atoms with Gasteiger partial charge in [-0.05, 0) is 32.8 Å². The predicted octanol–water partition coefficient (Wildman–Crippen LogP) is 3.23. The average molecular weight is 222 g/mol. The number of benzene rings is 1. The molecule has 2 atom stereocenters. The van der Waals surface area contributed by atoms with Crippen LogP contribution in [0.5, 0.6) is 0 Å². The van der Waals surface area contributed by atoms with E-state index in [0.29, 0.717) is 6.61 Å². The summed E-state index contributed by atoms with van der Waals surface area (Å²) in [5.74, 6) is 0. The molecule has 1 N–H and O–H groups in total. The molecule has 2 nitrogen and oxygen atoms in total. The molecule has 0 saturated carbocycles. The summed E-state index contributed by atoms with van der Waals surface area (Å²) in [6.45, 7) is 8.60. The summed E-state index contributed by atoms with van der Waals surface area (Å²) in [6, 6.07) is 7.96. The maximum Gasteiger partial charge on any atom is 0.108 e. The number of hydrogen-bond acceptors (Lipinski definition) is 2. The van der Waals surface area contributed by atoms with Crippen molar-refractivity contribution in [3.8, 4) is 0 Å². The second-order valence-corrected chi connectivity index (χ2v) is 4.42. The molecule has 0 heterocycles. The van der Waals surface area contributed by atoms with Gasteiger partial charge in [-0.25, -0.2) is 0 Å². The maximum absolute atomic E-state index is 10.4. The minimum atomic E-state index is -0.572. The Morgan fingerprint density at radius 1 is 1.38 bits per heavy atom. The summed E-state index contributed by atoms with van der Waals surface area (Å²) in [5.41, 5.74) is 1.59. The fraction of sp³-hybridized carbons (Fsp3) is 0.571. The van der Waals surface area contributed by atoms with Gasteiger partial charge in [0.2, 0.25) is 0 Å². The predicted molar refractivity (Wildman–Crippen MR) is 66.5 cm³/mol. The quantitative estimate of drug-likeness (QED) is 0.828. The molecule has 0 radical (unpaired) electrons. The van der Waals surface area contributed by atoms with Crippen molar-refractivity contribution in [3.05, 3.63) is 35.4 Å². The fourth-order valence-corrected chi connectivity index (χ4v) is 1.90. The summed E-state index contributed by atoms with van der Waals surface area (Å²) in [7, 11) is 0. The van der Waals surface area contributed by atoms with E-state index in [1.165, 1.54) is 0 Å². The Bertz CT molecular complexity index is 335. The van der Waals surface area contributed by atoms with Gasteiger partial charge in [0, 0.05) is 6.61 Å². The molecule has 2 unspecified atom stereocenters. The number of aliphatic hydroxyl groups excluding tert-OH is 1. The van der Waals surface area contributed by atoms with Crippen LogP contribution in [0.4, 0.5) is 0 Å². The van der Waals surface area contributed by atoms with Crippen molar-refractivity contribution in [2.45, 2.75) is 45.8 Å². The molecule has 0 bridgehead atoms. The minimum absolute atomic E-state index is 0.497. The zero-order valence-electron chi connectivity index (χ0n) is 10.7. The van der Waals surface area contributed by atoms with Crippen LogP contribution in [-0.4, -0.2) is 17.3 Å². The Balaban J connectivity index is 2.94.